The van der Waals surface area contributed by atoms with Crippen molar-refractivity contribution in [2.75, 3.05) is 19.8 Å². The predicted octanol–water partition coefficient (Wildman–Crippen LogP) is 7.45. The summed E-state index contributed by atoms with van der Waals surface area (Å²) in [4.78, 5) is 34.4. The van der Waals surface area contributed by atoms with Crippen molar-refractivity contribution in [3.8, 4) is 22.8 Å². The summed E-state index contributed by atoms with van der Waals surface area (Å²) in [5, 5.41) is 9.25. The highest BCUT2D eigenvalue weighted by molar-refractivity contribution is 5.87. The van der Waals surface area contributed by atoms with E-state index in [1.807, 2.05) is 19.9 Å². The number of hydrogen-bond acceptors (Lipinski definition) is 6. The fourth-order valence-corrected chi connectivity index (χ4v) is 4.16. The Morgan fingerprint density at radius 3 is 2.29 bits per heavy atom. The molecular formula is C33H49NO7. The van der Waals surface area contributed by atoms with Crippen LogP contribution in [0, 0.1) is 5.92 Å². The van der Waals surface area contributed by atoms with Gasteiger partial charge in [0.1, 0.15) is 23.7 Å². The average molecular weight is 572 g/mol. The molecule has 4 rings (SSSR count). The minimum Gasteiger partial charge on any atom is -0.493 e. The second-order valence-corrected chi connectivity index (χ2v) is 10.9. The Kier molecular flexibility index (Phi) is 14.5. The number of unbranched alkanes of at least 4 members (excludes halogenated alkanes) is 3. The van der Waals surface area contributed by atoms with Gasteiger partial charge in [-0.15, -0.1) is 0 Å². The van der Waals surface area contributed by atoms with Gasteiger partial charge in [0.2, 0.25) is 0 Å². The number of rotatable bonds is 11. The minimum absolute atomic E-state index is 0.0110. The van der Waals surface area contributed by atoms with Crippen LogP contribution in [0.4, 0.5) is 0 Å². The van der Waals surface area contributed by atoms with Crippen molar-refractivity contribution >= 4 is 11.9 Å². The number of fused-ring (bicyclic) bond motifs is 3. The van der Waals surface area contributed by atoms with Gasteiger partial charge in [-0.25, -0.2) is 4.79 Å². The molecule has 1 N–H and O–H groups in total. The van der Waals surface area contributed by atoms with Crippen molar-refractivity contribution in [2.45, 2.75) is 105 Å². The zero-order valence-electron chi connectivity index (χ0n) is 25.8. The van der Waals surface area contributed by atoms with E-state index in [0.717, 1.165) is 61.8 Å². The van der Waals surface area contributed by atoms with Crippen molar-refractivity contribution in [3.63, 3.8) is 0 Å². The summed E-state index contributed by atoms with van der Waals surface area (Å²) in [7, 11) is 0. The van der Waals surface area contributed by atoms with E-state index in [0.29, 0.717) is 43.7 Å². The van der Waals surface area contributed by atoms with Crippen LogP contribution in [-0.2, 0) is 16.1 Å². The standard InChI is InChI=1S/C22H25NO5.C8H16O2.C3H8/c1-2-3-4-8-27-20-12-21-16(10-15(20)14-5-6-14)18-11-19(24)17(22(25)26)13-23(18)7-9-28-21;1-4-5-6-10-8(9)7(2)3;1-3-2/h10-14H,2-9H2,1H3,(H,25,26);7H,4-6H2,1-3H3;3H2,1-2H3. The first-order valence-electron chi connectivity index (χ1n) is 15.3. The number of esters is 1. The molecule has 2 heterocycles. The van der Waals surface area contributed by atoms with Crippen LogP contribution in [0.3, 0.4) is 0 Å². The van der Waals surface area contributed by atoms with Crippen LogP contribution in [0.1, 0.15) is 115 Å². The number of aromatic nitrogens is 1. The third kappa shape index (κ3) is 10.6. The summed E-state index contributed by atoms with van der Waals surface area (Å²) in [5.74, 6) is 0.748. The number of carbonyl (C=O) groups excluding carboxylic acids is 1. The van der Waals surface area contributed by atoms with E-state index in [9.17, 15) is 19.5 Å². The molecule has 0 unspecified atom stereocenters. The molecule has 2 aromatic rings. The van der Waals surface area contributed by atoms with E-state index < -0.39 is 11.4 Å². The van der Waals surface area contributed by atoms with Crippen molar-refractivity contribution < 1.29 is 28.9 Å². The number of aromatic carboxylic acids is 1. The van der Waals surface area contributed by atoms with Crippen LogP contribution in [0.5, 0.6) is 11.5 Å². The van der Waals surface area contributed by atoms with E-state index in [1.54, 1.807) is 4.57 Å². The maximum Gasteiger partial charge on any atom is 0.341 e. The molecule has 1 aliphatic carbocycles. The third-order valence-electron chi connectivity index (χ3n) is 6.57. The Bertz CT molecular complexity index is 1180. The summed E-state index contributed by atoms with van der Waals surface area (Å²) in [6.07, 6.45) is 10.3. The first-order valence-corrected chi connectivity index (χ1v) is 15.3. The number of nitrogens with zero attached hydrogens (tertiary/aromatic N) is 1. The number of carbonyl (C=O) groups is 2. The lowest BCUT2D eigenvalue weighted by atomic mass is 10.0. The molecule has 0 atom stereocenters. The molecule has 0 bridgehead atoms. The van der Waals surface area contributed by atoms with E-state index in [1.165, 1.54) is 18.7 Å². The lowest BCUT2D eigenvalue weighted by Crippen LogP contribution is -2.19. The zero-order chi connectivity index (χ0) is 30.4. The Morgan fingerprint density at radius 1 is 1.02 bits per heavy atom. The Balaban J connectivity index is 0.000000382. The van der Waals surface area contributed by atoms with Gasteiger partial charge < -0.3 is 23.9 Å². The largest absolute Gasteiger partial charge is 0.493 e. The number of carboxylic acid groups (broad SMARTS) is 1. The van der Waals surface area contributed by atoms with Crippen LogP contribution < -0.4 is 14.9 Å². The molecule has 0 radical (unpaired) electrons. The molecule has 1 aliphatic heterocycles. The van der Waals surface area contributed by atoms with Crippen LogP contribution in [0.25, 0.3) is 11.3 Å². The number of pyridine rings is 1. The SMILES string of the molecule is CCC.CCCCCOc1cc2c(cc1C1CC1)-c1cc(=O)c(C(=O)O)cn1CCO2.CCCCOC(=O)C(C)C. The predicted molar refractivity (Wildman–Crippen MR) is 162 cm³/mol. The number of ether oxygens (including phenoxy) is 3. The molecule has 1 aromatic heterocycles. The van der Waals surface area contributed by atoms with Crippen molar-refractivity contribution in [3.05, 3.63) is 45.7 Å². The fraction of sp³-hybridized carbons (Fsp3) is 0.606. The Hall–Kier alpha value is -3.29. The van der Waals surface area contributed by atoms with E-state index >= 15 is 0 Å². The molecule has 8 heteroatoms. The minimum atomic E-state index is -1.21. The first kappa shape index (κ1) is 33.9. The third-order valence-corrected chi connectivity index (χ3v) is 6.57. The molecule has 228 valence electrons. The molecule has 0 spiro atoms. The topological polar surface area (TPSA) is 104 Å². The second-order valence-electron chi connectivity index (χ2n) is 10.9. The Labute approximate surface area is 245 Å². The highest BCUT2D eigenvalue weighted by Gasteiger charge is 2.30. The van der Waals surface area contributed by atoms with Crippen LogP contribution in [0.2, 0.25) is 0 Å². The van der Waals surface area contributed by atoms with Gasteiger partial charge in [-0.1, -0.05) is 67.2 Å². The molecule has 1 fully saturated rings. The van der Waals surface area contributed by atoms with Crippen molar-refractivity contribution in [1.82, 2.24) is 4.57 Å². The monoisotopic (exact) mass is 571 g/mol. The van der Waals surface area contributed by atoms with E-state index in [-0.39, 0.29) is 17.5 Å². The van der Waals surface area contributed by atoms with Gasteiger partial charge >= 0.3 is 11.9 Å². The van der Waals surface area contributed by atoms with Crippen molar-refractivity contribution in [1.29, 1.82) is 0 Å². The highest BCUT2D eigenvalue weighted by atomic mass is 16.5. The highest BCUT2D eigenvalue weighted by Crippen LogP contribution is 2.48. The van der Waals surface area contributed by atoms with E-state index in [2.05, 4.69) is 33.8 Å². The second kappa shape index (κ2) is 17.5. The first-order chi connectivity index (χ1) is 19.7. The van der Waals surface area contributed by atoms with Crippen molar-refractivity contribution in [2.24, 2.45) is 5.92 Å². The lowest BCUT2D eigenvalue weighted by Gasteiger charge is -2.16. The van der Waals surface area contributed by atoms with Crippen LogP contribution in [-0.4, -0.2) is 41.4 Å². The fourth-order valence-electron chi connectivity index (χ4n) is 4.16. The van der Waals surface area contributed by atoms with Gasteiger partial charge in [0.05, 0.1) is 31.4 Å². The smallest absolute Gasteiger partial charge is 0.341 e. The molecule has 41 heavy (non-hydrogen) atoms. The zero-order valence-corrected chi connectivity index (χ0v) is 25.8. The summed E-state index contributed by atoms with van der Waals surface area (Å²) < 4.78 is 18.7. The molecule has 1 saturated carbocycles. The van der Waals surface area contributed by atoms with E-state index in [4.69, 9.17) is 14.2 Å². The molecule has 0 saturated heterocycles. The molecule has 2 aliphatic rings. The summed E-state index contributed by atoms with van der Waals surface area (Å²) in [6, 6.07) is 5.43. The average Bonchev–Trinajstić information content (AvgIpc) is 3.79. The molecular weight excluding hydrogens is 522 g/mol. The maximum atomic E-state index is 12.3. The van der Waals surface area contributed by atoms with Crippen LogP contribution in [0.15, 0.2) is 29.2 Å². The molecule has 0 amide bonds. The van der Waals surface area contributed by atoms with Gasteiger partial charge in [0, 0.05) is 23.9 Å². The van der Waals surface area contributed by atoms with Gasteiger partial charge in [0.15, 0.2) is 5.43 Å². The number of benzene rings is 1. The summed E-state index contributed by atoms with van der Waals surface area (Å²) >= 11 is 0. The van der Waals surface area contributed by atoms with Gasteiger partial charge in [-0.2, -0.15) is 0 Å². The van der Waals surface area contributed by atoms with Crippen LogP contribution >= 0.6 is 0 Å². The number of carboxylic acids is 1. The molecule has 8 nitrogen and oxygen atoms in total. The van der Waals surface area contributed by atoms with Gasteiger partial charge in [-0.3, -0.25) is 9.59 Å². The lowest BCUT2D eigenvalue weighted by molar-refractivity contribution is -0.147. The van der Waals surface area contributed by atoms with Gasteiger partial charge in [-0.05, 0) is 43.2 Å². The number of hydrogen-bond donors (Lipinski definition) is 1. The summed E-state index contributed by atoms with van der Waals surface area (Å²) in [5.41, 5.74) is 1.98. The normalized spacial score (nSPS) is 13.2. The quantitative estimate of drug-likeness (QED) is 0.221. The molecule has 1 aromatic carbocycles. The Morgan fingerprint density at radius 2 is 1.71 bits per heavy atom. The van der Waals surface area contributed by atoms with Gasteiger partial charge in [0.25, 0.3) is 0 Å². The maximum absolute atomic E-state index is 12.3. The summed E-state index contributed by atoms with van der Waals surface area (Å²) in [6.45, 7) is 14.3.